The zero-order valence-electron chi connectivity index (χ0n) is 18.8. The first-order valence-corrected chi connectivity index (χ1v) is 11.3. The highest BCUT2D eigenvalue weighted by molar-refractivity contribution is 7.22. The molecule has 0 bridgehead atoms. The van der Waals surface area contributed by atoms with Gasteiger partial charge in [-0.15, -0.1) is 16.4 Å². The number of nitrogens with one attached hydrogen (secondary N) is 1. The summed E-state index contributed by atoms with van der Waals surface area (Å²) in [5.74, 6) is 2.06. The largest absolute Gasteiger partial charge is 0.493 e. The second-order valence-electron chi connectivity index (χ2n) is 6.98. The van der Waals surface area contributed by atoms with Gasteiger partial charge >= 0.3 is 0 Å². The molecule has 0 fully saturated rings. The molecule has 0 spiro atoms. The lowest BCUT2D eigenvalue weighted by molar-refractivity contribution is 0.355. The van der Waals surface area contributed by atoms with E-state index in [1.54, 1.807) is 25.6 Å². The molecule has 0 saturated heterocycles. The highest BCUT2D eigenvalue weighted by Gasteiger charge is 2.12. The average molecular weight is 447 g/mol. The molecular weight excluding hydrogens is 420 g/mol. The van der Waals surface area contributed by atoms with Gasteiger partial charge < -0.3 is 14.8 Å². The van der Waals surface area contributed by atoms with Crippen molar-refractivity contribution >= 4 is 38.6 Å². The number of hydrogen-bond donors (Lipinski definition) is 1. The van der Waals surface area contributed by atoms with E-state index in [0.717, 1.165) is 21.9 Å². The first kappa shape index (κ1) is 21.6. The molecule has 0 aliphatic heterocycles. The fraction of sp³-hybridized carbons (Fsp3) is 0.200. The molecule has 32 heavy (non-hydrogen) atoms. The Morgan fingerprint density at radius 2 is 1.72 bits per heavy atom. The number of thiophene rings is 1. The number of ether oxygens (including phenoxy) is 2. The average Bonchev–Trinajstić information content (AvgIpc) is 3.43. The van der Waals surface area contributed by atoms with E-state index in [2.05, 4.69) is 41.5 Å². The maximum atomic E-state index is 5.39. The van der Waals surface area contributed by atoms with Crippen LogP contribution in [0.4, 0.5) is 11.5 Å². The van der Waals surface area contributed by atoms with Crippen LogP contribution >= 0.6 is 11.3 Å². The van der Waals surface area contributed by atoms with Crippen LogP contribution in [0.5, 0.6) is 11.5 Å². The standard InChI is InChI=1S/C23H20N4O2S.C2H6/c1-14-4-7-20-15(10-14)11-21(30-20)17-13-24-23-9-8-22(26-27(17)23)25-16-5-6-18(28-2)19(12-16)29-3;1-2/h4-13H,1-3H3,(H,25,26);1-2H3. The summed E-state index contributed by atoms with van der Waals surface area (Å²) < 4.78 is 13.8. The maximum Gasteiger partial charge on any atom is 0.162 e. The number of fused-ring (bicyclic) bond motifs is 2. The van der Waals surface area contributed by atoms with E-state index in [0.29, 0.717) is 17.3 Å². The third-order valence-electron chi connectivity index (χ3n) is 4.94. The van der Waals surface area contributed by atoms with Crippen LogP contribution in [0.1, 0.15) is 19.4 Å². The molecule has 0 radical (unpaired) electrons. The van der Waals surface area contributed by atoms with Crippen molar-refractivity contribution in [2.45, 2.75) is 20.8 Å². The van der Waals surface area contributed by atoms with Gasteiger partial charge in [-0.05, 0) is 48.7 Å². The van der Waals surface area contributed by atoms with Gasteiger partial charge in [0, 0.05) is 16.5 Å². The van der Waals surface area contributed by atoms with Gasteiger partial charge in [-0.2, -0.15) is 0 Å². The molecule has 3 heterocycles. The number of hydrogen-bond acceptors (Lipinski definition) is 6. The summed E-state index contributed by atoms with van der Waals surface area (Å²) in [6.45, 7) is 6.11. The highest BCUT2D eigenvalue weighted by atomic mass is 32.1. The second-order valence-corrected chi connectivity index (χ2v) is 8.06. The van der Waals surface area contributed by atoms with Crippen molar-refractivity contribution in [2.75, 3.05) is 19.5 Å². The van der Waals surface area contributed by atoms with E-state index < -0.39 is 0 Å². The van der Waals surface area contributed by atoms with Gasteiger partial charge in [-0.25, -0.2) is 9.50 Å². The van der Waals surface area contributed by atoms with Gasteiger partial charge in [0.2, 0.25) is 0 Å². The Morgan fingerprint density at radius 3 is 2.50 bits per heavy atom. The first-order chi connectivity index (χ1) is 15.6. The van der Waals surface area contributed by atoms with Crippen LogP contribution in [0.25, 0.3) is 26.3 Å². The molecule has 0 aliphatic carbocycles. The Hall–Kier alpha value is -3.58. The lowest BCUT2D eigenvalue weighted by Crippen LogP contribution is -2.00. The van der Waals surface area contributed by atoms with Crippen LogP contribution in [0.2, 0.25) is 0 Å². The smallest absolute Gasteiger partial charge is 0.162 e. The molecule has 5 rings (SSSR count). The fourth-order valence-corrected chi connectivity index (χ4v) is 4.50. The van der Waals surface area contributed by atoms with Crippen LogP contribution in [0.3, 0.4) is 0 Å². The monoisotopic (exact) mass is 446 g/mol. The fourth-order valence-electron chi connectivity index (χ4n) is 3.46. The Kier molecular flexibility index (Phi) is 6.28. The Labute approximate surface area is 191 Å². The number of aryl methyl sites for hydroxylation is 1. The lowest BCUT2D eigenvalue weighted by Gasteiger charge is -2.11. The Bertz CT molecular complexity index is 1370. The highest BCUT2D eigenvalue weighted by Crippen LogP contribution is 2.35. The van der Waals surface area contributed by atoms with Crippen molar-refractivity contribution in [3.8, 4) is 22.1 Å². The van der Waals surface area contributed by atoms with Crippen LogP contribution in [-0.2, 0) is 0 Å². The zero-order chi connectivity index (χ0) is 22.7. The van der Waals surface area contributed by atoms with E-state index in [1.807, 2.05) is 54.9 Å². The summed E-state index contributed by atoms with van der Waals surface area (Å²) >= 11 is 1.75. The van der Waals surface area contributed by atoms with Gasteiger partial charge in [-0.1, -0.05) is 31.5 Å². The van der Waals surface area contributed by atoms with Gasteiger partial charge in [0.05, 0.1) is 25.3 Å². The minimum Gasteiger partial charge on any atom is -0.493 e. The summed E-state index contributed by atoms with van der Waals surface area (Å²) in [7, 11) is 3.24. The molecular formula is C25H26N4O2S. The summed E-state index contributed by atoms with van der Waals surface area (Å²) in [6, 6.07) is 18.3. The van der Waals surface area contributed by atoms with Gasteiger partial charge in [0.1, 0.15) is 5.69 Å². The molecule has 5 aromatic rings. The van der Waals surface area contributed by atoms with E-state index in [-0.39, 0.29) is 0 Å². The SMILES string of the molecule is CC.COc1ccc(Nc2ccc3ncc(-c4cc5cc(C)ccc5s4)n3n2)cc1OC. The lowest BCUT2D eigenvalue weighted by atomic mass is 10.2. The minimum absolute atomic E-state index is 0.660. The van der Waals surface area contributed by atoms with Gasteiger partial charge in [0.25, 0.3) is 0 Å². The van der Waals surface area contributed by atoms with Crippen LogP contribution in [0.15, 0.2) is 60.8 Å². The predicted molar refractivity (Wildman–Crippen MR) is 133 cm³/mol. The number of rotatable bonds is 5. The Balaban J connectivity index is 0.00000119. The topological polar surface area (TPSA) is 60.7 Å². The third-order valence-corrected chi connectivity index (χ3v) is 6.08. The molecule has 0 unspecified atom stereocenters. The Morgan fingerprint density at radius 1 is 0.906 bits per heavy atom. The molecule has 0 saturated carbocycles. The van der Waals surface area contributed by atoms with Gasteiger partial charge in [-0.3, -0.25) is 0 Å². The number of aromatic nitrogens is 3. The molecule has 0 aliphatic rings. The summed E-state index contributed by atoms with van der Waals surface area (Å²) in [6.07, 6.45) is 1.88. The van der Waals surface area contributed by atoms with Gasteiger partial charge in [0.15, 0.2) is 23.0 Å². The van der Waals surface area contributed by atoms with Crippen LogP contribution in [-0.4, -0.2) is 28.8 Å². The van der Waals surface area contributed by atoms with Crippen LogP contribution < -0.4 is 14.8 Å². The van der Waals surface area contributed by atoms with Crippen molar-refractivity contribution < 1.29 is 9.47 Å². The molecule has 0 amide bonds. The van der Waals surface area contributed by atoms with Crippen LogP contribution in [0, 0.1) is 6.92 Å². The number of nitrogens with zero attached hydrogens (tertiary/aromatic N) is 3. The van der Waals surface area contributed by atoms with Crippen molar-refractivity contribution in [3.05, 3.63) is 66.4 Å². The maximum absolute atomic E-state index is 5.39. The second kappa shape index (κ2) is 9.28. The molecule has 6 nitrogen and oxygen atoms in total. The minimum atomic E-state index is 0.660. The van der Waals surface area contributed by atoms with E-state index in [4.69, 9.17) is 14.6 Å². The van der Waals surface area contributed by atoms with Crippen molar-refractivity contribution in [1.82, 2.24) is 14.6 Å². The normalized spacial score (nSPS) is 10.7. The predicted octanol–water partition coefficient (Wildman–Crippen LogP) is 6.71. The first-order valence-electron chi connectivity index (χ1n) is 10.5. The summed E-state index contributed by atoms with van der Waals surface area (Å²) in [4.78, 5) is 5.66. The number of benzene rings is 2. The quantitative estimate of drug-likeness (QED) is 0.325. The number of methoxy groups -OCH3 is 2. The molecule has 1 N–H and O–H groups in total. The molecule has 7 heteroatoms. The van der Waals surface area contributed by atoms with E-state index in [1.165, 1.54) is 15.6 Å². The molecule has 0 atom stereocenters. The molecule has 3 aromatic heterocycles. The molecule has 2 aromatic carbocycles. The summed E-state index contributed by atoms with van der Waals surface area (Å²) in [5.41, 5.74) is 3.89. The summed E-state index contributed by atoms with van der Waals surface area (Å²) in [5, 5.41) is 9.34. The number of anilines is 2. The van der Waals surface area contributed by atoms with Crippen molar-refractivity contribution in [2.24, 2.45) is 0 Å². The number of imidazole rings is 1. The van der Waals surface area contributed by atoms with E-state index in [9.17, 15) is 0 Å². The zero-order valence-corrected chi connectivity index (χ0v) is 19.7. The van der Waals surface area contributed by atoms with Crippen molar-refractivity contribution in [3.63, 3.8) is 0 Å². The third kappa shape index (κ3) is 4.11. The van der Waals surface area contributed by atoms with E-state index >= 15 is 0 Å². The van der Waals surface area contributed by atoms with Crippen molar-refractivity contribution in [1.29, 1.82) is 0 Å². The molecule has 164 valence electrons.